The monoisotopic (exact) mass is 269 g/mol. The fourth-order valence-corrected chi connectivity index (χ4v) is 2.62. The summed E-state index contributed by atoms with van der Waals surface area (Å²) in [5.74, 6) is -0.746. The van der Waals surface area contributed by atoms with Crippen molar-refractivity contribution in [3.05, 3.63) is 60.7 Å². The van der Waals surface area contributed by atoms with Crippen LogP contribution >= 0.6 is 0 Å². The molecule has 104 valence electrons. The van der Waals surface area contributed by atoms with E-state index in [1.165, 1.54) is 0 Å². The van der Waals surface area contributed by atoms with E-state index in [0.717, 1.165) is 12.0 Å². The Morgan fingerprint density at radius 2 is 1.90 bits per heavy atom. The molecule has 1 amide bonds. The lowest BCUT2D eigenvalue weighted by Crippen LogP contribution is -2.41. The van der Waals surface area contributed by atoms with Gasteiger partial charge in [0.15, 0.2) is 5.78 Å². The Balaban J connectivity index is 2.21. The van der Waals surface area contributed by atoms with E-state index in [9.17, 15) is 9.59 Å². The van der Waals surface area contributed by atoms with Crippen molar-refractivity contribution in [1.29, 1.82) is 0 Å². The molecule has 0 spiro atoms. The highest BCUT2D eigenvalue weighted by Crippen LogP contribution is 2.26. The van der Waals surface area contributed by atoms with Crippen molar-refractivity contribution in [2.45, 2.75) is 12.8 Å². The zero-order valence-electron chi connectivity index (χ0n) is 11.5. The summed E-state index contributed by atoms with van der Waals surface area (Å²) in [4.78, 5) is 26.6. The van der Waals surface area contributed by atoms with Gasteiger partial charge in [0.05, 0.1) is 0 Å². The predicted octanol–water partition coefficient (Wildman–Crippen LogP) is 2.63. The summed E-state index contributed by atoms with van der Waals surface area (Å²) in [6.45, 7) is 8.19. The number of ketones is 1. The number of carbonyl (C=O) groups excluding carboxylic acids is 2. The number of benzene rings is 1. The second-order valence-electron chi connectivity index (χ2n) is 4.93. The first-order valence-electron chi connectivity index (χ1n) is 6.81. The third-order valence-electron chi connectivity index (χ3n) is 3.61. The molecule has 0 bridgehead atoms. The van der Waals surface area contributed by atoms with Crippen LogP contribution in [0.2, 0.25) is 0 Å². The van der Waals surface area contributed by atoms with Crippen molar-refractivity contribution < 1.29 is 9.59 Å². The van der Waals surface area contributed by atoms with Crippen LogP contribution in [0, 0.1) is 5.92 Å². The van der Waals surface area contributed by atoms with Gasteiger partial charge in [0.25, 0.3) is 0 Å². The van der Waals surface area contributed by atoms with E-state index in [1.54, 1.807) is 17.1 Å². The third-order valence-corrected chi connectivity index (χ3v) is 3.61. The van der Waals surface area contributed by atoms with Crippen LogP contribution in [-0.4, -0.2) is 29.7 Å². The van der Waals surface area contributed by atoms with Gasteiger partial charge >= 0.3 is 0 Å². The van der Waals surface area contributed by atoms with Gasteiger partial charge in [0.2, 0.25) is 5.91 Å². The molecule has 1 aliphatic rings. The van der Waals surface area contributed by atoms with Gasteiger partial charge in [-0.1, -0.05) is 36.4 Å². The van der Waals surface area contributed by atoms with Crippen LogP contribution in [0.4, 0.5) is 0 Å². The first kappa shape index (κ1) is 14.3. The lowest BCUT2D eigenvalue weighted by Gasteiger charge is -2.28. The van der Waals surface area contributed by atoms with Crippen molar-refractivity contribution >= 4 is 11.7 Å². The van der Waals surface area contributed by atoms with Gasteiger partial charge in [0.1, 0.15) is 5.92 Å². The van der Waals surface area contributed by atoms with E-state index < -0.39 is 5.92 Å². The Bertz CT molecular complexity index is 538. The summed E-state index contributed by atoms with van der Waals surface area (Å²) >= 11 is 0. The number of rotatable bonds is 5. The second-order valence-corrected chi connectivity index (χ2v) is 4.93. The molecular formula is C17H19NO2. The summed E-state index contributed by atoms with van der Waals surface area (Å²) in [6, 6.07) is 7.53. The lowest BCUT2D eigenvalue weighted by molar-refractivity contribution is -0.133. The Morgan fingerprint density at radius 3 is 2.55 bits per heavy atom. The summed E-state index contributed by atoms with van der Waals surface area (Å²) in [7, 11) is 0. The third kappa shape index (κ3) is 2.72. The number of amides is 1. The molecule has 0 aromatic heterocycles. The number of Topliss-reactive ketones (excluding diaryl/α,β-unsaturated/α-hetero) is 1. The fourth-order valence-electron chi connectivity index (χ4n) is 2.62. The zero-order chi connectivity index (χ0) is 14.5. The molecule has 0 N–H and O–H groups in total. The maximum Gasteiger partial charge on any atom is 0.234 e. The highest BCUT2D eigenvalue weighted by Gasteiger charge is 2.34. The van der Waals surface area contributed by atoms with E-state index in [4.69, 9.17) is 0 Å². The fraction of sp³-hybridized carbons (Fsp3) is 0.294. The summed E-state index contributed by atoms with van der Waals surface area (Å²) < 4.78 is 0. The number of aryl methyl sites for hydroxylation is 1. The molecule has 1 aliphatic carbocycles. The minimum Gasteiger partial charge on any atom is -0.335 e. The lowest BCUT2D eigenvalue weighted by atomic mass is 9.82. The minimum absolute atomic E-state index is 0.0602. The second kappa shape index (κ2) is 6.33. The molecule has 1 unspecified atom stereocenters. The van der Waals surface area contributed by atoms with Gasteiger partial charge in [-0.2, -0.15) is 0 Å². The smallest absolute Gasteiger partial charge is 0.234 e. The number of hydrogen-bond acceptors (Lipinski definition) is 2. The Labute approximate surface area is 119 Å². The average molecular weight is 269 g/mol. The topological polar surface area (TPSA) is 37.4 Å². The van der Waals surface area contributed by atoms with Crippen LogP contribution < -0.4 is 0 Å². The van der Waals surface area contributed by atoms with E-state index in [0.29, 0.717) is 25.1 Å². The summed E-state index contributed by atoms with van der Waals surface area (Å²) in [5, 5.41) is 0. The molecule has 0 radical (unpaired) electrons. The van der Waals surface area contributed by atoms with Crippen LogP contribution in [0.1, 0.15) is 22.3 Å². The molecule has 1 atom stereocenters. The number of fused-ring (bicyclic) bond motifs is 1. The molecule has 0 aliphatic heterocycles. The van der Waals surface area contributed by atoms with E-state index in [-0.39, 0.29) is 11.7 Å². The quantitative estimate of drug-likeness (QED) is 0.608. The largest absolute Gasteiger partial charge is 0.335 e. The van der Waals surface area contributed by atoms with Gasteiger partial charge in [0, 0.05) is 18.7 Å². The molecule has 20 heavy (non-hydrogen) atoms. The van der Waals surface area contributed by atoms with Crippen LogP contribution in [-0.2, 0) is 11.2 Å². The first-order valence-corrected chi connectivity index (χ1v) is 6.81. The maximum absolute atomic E-state index is 12.5. The molecule has 3 heteroatoms. The highest BCUT2D eigenvalue weighted by atomic mass is 16.2. The predicted molar refractivity (Wildman–Crippen MR) is 79.6 cm³/mol. The van der Waals surface area contributed by atoms with Crippen LogP contribution in [0.15, 0.2) is 49.6 Å². The SMILES string of the molecule is C=CCN(CC=C)C(=O)C1CCc2ccccc2C1=O. The number of hydrogen-bond donors (Lipinski definition) is 0. The van der Waals surface area contributed by atoms with Gasteiger partial charge in [-0.25, -0.2) is 0 Å². The number of carbonyl (C=O) groups is 2. The van der Waals surface area contributed by atoms with Gasteiger partial charge in [-0.3, -0.25) is 9.59 Å². The van der Waals surface area contributed by atoms with Crippen molar-refractivity contribution in [2.75, 3.05) is 13.1 Å². The van der Waals surface area contributed by atoms with Crippen LogP contribution in [0.3, 0.4) is 0 Å². The molecular weight excluding hydrogens is 250 g/mol. The van der Waals surface area contributed by atoms with Crippen LogP contribution in [0.25, 0.3) is 0 Å². The van der Waals surface area contributed by atoms with Gasteiger partial charge < -0.3 is 4.90 Å². The Hall–Kier alpha value is -2.16. The summed E-state index contributed by atoms with van der Waals surface area (Å²) in [6.07, 6.45) is 4.69. The first-order chi connectivity index (χ1) is 9.69. The molecule has 1 aromatic rings. The van der Waals surface area contributed by atoms with Crippen molar-refractivity contribution in [3.63, 3.8) is 0 Å². The molecule has 0 fully saturated rings. The molecule has 0 saturated carbocycles. The molecule has 0 saturated heterocycles. The van der Waals surface area contributed by atoms with Gasteiger partial charge in [-0.15, -0.1) is 13.2 Å². The Kier molecular flexibility index (Phi) is 4.51. The number of nitrogens with zero attached hydrogens (tertiary/aromatic N) is 1. The highest BCUT2D eigenvalue weighted by molar-refractivity contribution is 6.11. The average Bonchev–Trinajstić information content (AvgIpc) is 2.47. The van der Waals surface area contributed by atoms with Crippen LogP contribution in [0.5, 0.6) is 0 Å². The van der Waals surface area contributed by atoms with E-state index >= 15 is 0 Å². The van der Waals surface area contributed by atoms with Gasteiger partial charge in [-0.05, 0) is 18.4 Å². The molecule has 2 rings (SSSR count). The summed E-state index contributed by atoms with van der Waals surface area (Å²) in [5.41, 5.74) is 1.73. The van der Waals surface area contributed by atoms with Crippen molar-refractivity contribution in [3.8, 4) is 0 Å². The molecule has 0 heterocycles. The van der Waals surface area contributed by atoms with E-state index in [2.05, 4.69) is 13.2 Å². The Morgan fingerprint density at radius 1 is 1.25 bits per heavy atom. The van der Waals surface area contributed by atoms with Crippen molar-refractivity contribution in [2.24, 2.45) is 5.92 Å². The minimum atomic E-state index is -0.565. The molecule has 1 aromatic carbocycles. The standard InChI is InChI=1S/C17H19NO2/c1-3-11-18(12-4-2)17(20)15-10-9-13-7-5-6-8-14(13)16(15)19/h3-8,15H,1-2,9-12H2. The normalized spacial score (nSPS) is 17.2. The maximum atomic E-state index is 12.5. The zero-order valence-corrected chi connectivity index (χ0v) is 11.5. The van der Waals surface area contributed by atoms with Crippen molar-refractivity contribution in [1.82, 2.24) is 4.90 Å². The molecule has 3 nitrogen and oxygen atoms in total. The van der Waals surface area contributed by atoms with E-state index in [1.807, 2.05) is 24.3 Å².